The molecule has 1 aromatic carbocycles. The third kappa shape index (κ3) is 3.12. The molecule has 2 rings (SSSR count). The van der Waals surface area contributed by atoms with Gasteiger partial charge in [-0.3, -0.25) is 14.9 Å². The highest BCUT2D eigenvalue weighted by molar-refractivity contribution is 5.66. The number of carboxylic acid groups (broad SMARTS) is 1. The van der Waals surface area contributed by atoms with Crippen LogP contribution in [0.4, 0.5) is 5.69 Å². The summed E-state index contributed by atoms with van der Waals surface area (Å²) in [5.41, 5.74) is 1.18. The molecule has 0 radical (unpaired) electrons. The summed E-state index contributed by atoms with van der Waals surface area (Å²) in [6, 6.07) is 5.84. The van der Waals surface area contributed by atoms with Gasteiger partial charge in [-0.05, 0) is 12.1 Å². The van der Waals surface area contributed by atoms with E-state index in [1.807, 2.05) is 0 Å². The van der Waals surface area contributed by atoms with Crippen molar-refractivity contribution in [3.63, 3.8) is 0 Å². The van der Waals surface area contributed by atoms with Crippen molar-refractivity contribution < 1.29 is 14.8 Å². The summed E-state index contributed by atoms with van der Waals surface area (Å²) in [7, 11) is 0. The summed E-state index contributed by atoms with van der Waals surface area (Å²) in [6.45, 7) is 0. The van der Waals surface area contributed by atoms with E-state index in [1.54, 1.807) is 18.3 Å². The molecule has 1 N–H and O–H groups in total. The third-order valence-electron chi connectivity index (χ3n) is 2.46. The lowest BCUT2D eigenvalue weighted by Gasteiger charge is -1.98. The molecule has 0 atom stereocenters. The van der Waals surface area contributed by atoms with Crippen LogP contribution in [-0.2, 0) is 11.2 Å². The summed E-state index contributed by atoms with van der Waals surface area (Å²) in [5, 5.41) is 26.8. The van der Waals surface area contributed by atoms with Gasteiger partial charge in [0.2, 0.25) is 0 Å². The fourth-order valence-corrected chi connectivity index (χ4v) is 1.50. The summed E-state index contributed by atoms with van der Waals surface area (Å²) >= 11 is 0. The van der Waals surface area contributed by atoms with Crippen LogP contribution in [0.15, 0.2) is 30.5 Å². The van der Waals surface area contributed by atoms with E-state index in [2.05, 4.69) is 10.3 Å². The maximum Gasteiger partial charge on any atom is 0.303 e. The van der Waals surface area contributed by atoms with Crippen LogP contribution in [0.25, 0.3) is 5.69 Å². The molecule has 98 valence electrons. The number of aliphatic carboxylic acids is 1. The molecule has 8 nitrogen and oxygen atoms in total. The number of nitro benzene ring substituents is 1. The highest BCUT2D eigenvalue weighted by Gasteiger charge is 2.08. The van der Waals surface area contributed by atoms with Gasteiger partial charge in [-0.25, -0.2) is 4.68 Å². The lowest BCUT2D eigenvalue weighted by atomic mass is 10.2. The van der Waals surface area contributed by atoms with Gasteiger partial charge in [-0.1, -0.05) is 5.21 Å². The zero-order chi connectivity index (χ0) is 13.8. The Morgan fingerprint density at radius 2 is 2.05 bits per heavy atom. The highest BCUT2D eigenvalue weighted by atomic mass is 16.6. The van der Waals surface area contributed by atoms with Crippen LogP contribution in [0.1, 0.15) is 12.1 Å². The average molecular weight is 262 g/mol. The van der Waals surface area contributed by atoms with Gasteiger partial charge in [-0.2, -0.15) is 0 Å². The van der Waals surface area contributed by atoms with E-state index in [0.29, 0.717) is 17.8 Å². The number of non-ortho nitro benzene ring substituents is 1. The SMILES string of the molecule is O=C(O)CCc1cn(-c2ccc([N+](=O)[O-])cc2)nn1. The molecular formula is C11H10N4O4. The molecule has 0 spiro atoms. The number of hydrogen-bond donors (Lipinski definition) is 1. The predicted molar refractivity (Wildman–Crippen MR) is 64.0 cm³/mol. The van der Waals surface area contributed by atoms with Gasteiger partial charge < -0.3 is 5.11 Å². The molecular weight excluding hydrogens is 252 g/mol. The van der Waals surface area contributed by atoms with Gasteiger partial charge >= 0.3 is 5.97 Å². The van der Waals surface area contributed by atoms with Gasteiger partial charge in [0.15, 0.2) is 0 Å². The van der Waals surface area contributed by atoms with Crippen LogP contribution < -0.4 is 0 Å². The first kappa shape index (κ1) is 12.7. The lowest BCUT2D eigenvalue weighted by molar-refractivity contribution is -0.384. The topological polar surface area (TPSA) is 111 Å². The minimum Gasteiger partial charge on any atom is -0.481 e. The molecule has 0 amide bonds. The van der Waals surface area contributed by atoms with Crippen LogP contribution in [-0.4, -0.2) is 31.0 Å². The van der Waals surface area contributed by atoms with Crippen LogP contribution in [0.3, 0.4) is 0 Å². The zero-order valence-corrected chi connectivity index (χ0v) is 9.76. The summed E-state index contributed by atoms with van der Waals surface area (Å²) in [4.78, 5) is 20.5. The first-order chi connectivity index (χ1) is 9.06. The van der Waals surface area contributed by atoms with Crippen molar-refractivity contribution in [3.05, 3.63) is 46.3 Å². The Morgan fingerprint density at radius 1 is 1.37 bits per heavy atom. The van der Waals surface area contributed by atoms with Crippen LogP contribution in [0.5, 0.6) is 0 Å². The van der Waals surface area contributed by atoms with E-state index >= 15 is 0 Å². The number of rotatable bonds is 5. The Hall–Kier alpha value is -2.77. The molecule has 1 heterocycles. The van der Waals surface area contributed by atoms with Crippen LogP contribution >= 0.6 is 0 Å². The van der Waals surface area contributed by atoms with Gasteiger partial charge in [0.25, 0.3) is 5.69 Å². The Bertz CT molecular complexity index is 605. The summed E-state index contributed by atoms with van der Waals surface area (Å²) in [6.07, 6.45) is 1.88. The summed E-state index contributed by atoms with van der Waals surface area (Å²) < 4.78 is 1.45. The number of nitro groups is 1. The molecule has 0 aliphatic heterocycles. The minimum absolute atomic E-state index is 0.00466. The zero-order valence-electron chi connectivity index (χ0n) is 9.76. The van der Waals surface area contributed by atoms with E-state index in [4.69, 9.17) is 5.11 Å². The molecule has 0 aliphatic rings. The van der Waals surface area contributed by atoms with Crippen molar-refractivity contribution in [3.8, 4) is 5.69 Å². The van der Waals surface area contributed by atoms with Crippen molar-refractivity contribution >= 4 is 11.7 Å². The number of carbonyl (C=O) groups is 1. The molecule has 2 aromatic rings. The fourth-order valence-electron chi connectivity index (χ4n) is 1.50. The second-order valence-corrected chi connectivity index (χ2v) is 3.82. The van der Waals surface area contributed by atoms with E-state index in [9.17, 15) is 14.9 Å². The first-order valence-corrected chi connectivity index (χ1v) is 5.44. The van der Waals surface area contributed by atoms with E-state index in [1.165, 1.54) is 16.8 Å². The van der Waals surface area contributed by atoms with Crippen molar-refractivity contribution in [1.29, 1.82) is 0 Å². The van der Waals surface area contributed by atoms with Gasteiger partial charge in [-0.15, -0.1) is 5.10 Å². The quantitative estimate of drug-likeness (QED) is 0.640. The number of aryl methyl sites for hydroxylation is 1. The second-order valence-electron chi connectivity index (χ2n) is 3.82. The van der Waals surface area contributed by atoms with Crippen molar-refractivity contribution in [1.82, 2.24) is 15.0 Å². The van der Waals surface area contributed by atoms with Crippen LogP contribution in [0.2, 0.25) is 0 Å². The van der Waals surface area contributed by atoms with E-state index in [0.717, 1.165) is 0 Å². The van der Waals surface area contributed by atoms with Gasteiger partial charge in [0.1, 0.15) is 0 Å². The predicted octanol–water partition coefficient (Wildman–Crippen LogP) is 1.19. The van der Waals surface area contributed by atoms with Crippen molar-refractivity contribution in [2.75, 3.05) is 0 Å². The smallest absolute Gasteiger partial charge is 0.303 e. The Labute approximate surface area is 107 Å². The van der Waals surface area contributed by atoms with Crippen LogP contribution in [0, 0.1) is 10.1 Å². The summed E-state index contributed by atoms with van der Waals surface area (Å²) in [5.74, 6) is -0.898. The molecule has 0 fully saturated rings. The van der Waals surface area contributed by atoms with Crippen molar-refractivity contribution in [2.24, 2.45) is 0 Å². The number of carboxylic acids is 1. The molecule has 0 aliphatic carbocycles. The normalized spacial score (nSPS) is 10.3. The van der Waals surface area contributed by atoms with E-state index < -0.39 is 10.9 Å². The number of hydrogen-bond acceptors (Lipinski definition) is 5. The molecule has 8 heteroatoms. The molecule has 0 saturated heterocycles. The molecule has 0 saturated carbocycles. The van der Waals surface area contributed by atoms with Gasteiger partial charge in [0, 0.05) is 18.6 Å². The minimum atomic E-state index is -0.898. The monoisotopic (exact) mass is 262 g/mol. The average Bonchev–Trinajstić information content (AvgIpc) is 2.85. The molecule has 0 bridgehead atoms. The standard InChI is InChI=1S/C11H10N4O4/c16-11(17)6-1-8-7-14(13-12-8)9-2-4-10(5-3-9)15(18)19/h2-5,7H,1,6H2,(H,16,17). The maximum atomic E-state index is 10.5. The van der Waals surface area contributed by atoms with Crippen molar-refractivity contribution in [2.45, 2.75) is 12.8 Å². The largest absolute Gasteiger partial charge is 0.481 e. The molecule has 19 heavy (non-hydrogen) atoms. The number of benzene rings is 1. The second kappa shape index (κ2) is 5.25. The Morgan fingerprint density at radius 3 is 2.63 bits per heavy atom. The highest BCUT2D eigenvalue weighted by Crippen LogP contribution is 2.14. The first-order valence-electron chi connectivity index (χ1n) is 5.44. The molecule has 0 unspecified atom stereocenters. The van der Waals surface area contributed by atoms with E-state index in [-0.39, 0.29) is 12.1 Å². The lowest BCUT2D eigenvalue weighted by Crippen LogP contribution is -1.97. The third-order valence-corrected chi connectivity index (χ3v) is 2.46. The maximum absolute atomic E-state index is 10.5. The number of nitrogens with zero attached hydrogens (tertiary/aromatic N) is 4. The number of aromatic nitrogens is 3. The Kier molecular flexibility index (Phi) is 3.51. The Balaban J connectivity index is 2.13. The molecule has 1 aromatic heterocycles. The fraction of sp³-hybridized carbons (Fsp3) is 0.182. The van der Waals surface area contributed by atoms with Gasteiger partial charge in [0.05, 0.1) is 28.9 Å².